The van der Waals surface area contributed by atoms with Crippen molar-refractivity contribution in [3.63, 3.8) is 0 Å². The Hall–Kier alpha value is -0.220. The third kappa shape index (κ3) is 32.5. The molecule has 0 aromatic rings. The fourth-order valence-electron chi connectivity index (χ4n) is 5.06. The van der Waals surface area contributed by atoms with E-state index in [1.165, 1.54) is 128 Å². The van der Waals surface area contributed by atoms with Crippen LogP contribution in [0.25, 0.3) is 0 Å². The van der Waals surface area contributed by atoms with Gasteiger partial charge in [0.1, 0.15) is 0 Å². The topological polar surface area (TPSA) is 96.0 Å². The summed E-state index contributed by atoms with van der Waals surface area (Å²) < 4.78 is 60.9. The van der Waals surface area contributed by atoms with Gasteiger partial charge in [0.25, 0.3) is 0 Å². The Bertz CT molecular complexity index is 677. The van der Waals surface area contributed by atoms with Crippen LogP contribution in [0.4, 0.5) is 0 Å². The van der Waals surface area contributed by atoms with Crippen LogP contribution in [-0.4, -0.2) is 30.0 Å². The lowest BCUT2D eigenvalue weighted by Gasteiger charge is -2.07. The maximum Gasteiger partial charge on any atom is 0.416 e. The molecule has 0 N–H and O–H groups in total. The zero-order valence-corrected chi connectivity index (χ0v) is 28.5. The van der Waals surface area contributed by atoms with Crippen molar-refractivity contribution < 1.29 is 28.8 Å². The van der Waals surface area contributed by atoms with Gasteiger partial charge in [-0.1, -0.05) is 181 Å². The largest absolute Gasteiger partial charge is 0.416 e. The van der Waals surface area contributed by atoms with E-state index in [0.717, 1.165) is 38.5 Å². The van der Waals surface area contributed by atoms with Gasteiger partial charge in [0.2, 0.25) is 0 Å². The fraction of sp³-hybridized carbons (Fsp3) is 1.00. The van der Waals surface area contributed by atoms with Crippen molar-refractivity contribution in [2.75, 3.05) is 13.2 Å². The van der Waals surface area contributed by atoms with Crippen molar-refractivity contribution in [2.24, 2.45) is 0 Å². The maximum atomic E-state index is 11.8. The summed E-state index contributed by atoms with van der Waals surface area (Å²) >= 11 is 0. The minimum absolute atomic E-state index is 0.0884. The molecule has 0 aliphatic heterocycles. The highest BCUT2D eigenvalue weighted by Crippen LogP contribution is 2.15. The monoisotopic (exact) mass is 626 g/mol. The second-order valence-corrected chi connectivity index (χ2v) is 14.4. The molecule has 9 heteroatoms. The summed E-state index contributed by atoms with van der Waals surface area (Å²) in [4.78, 5) is 0. The van der Waals surface area contributed by atoms with E-state index in [9.17, 15) is 16.8 Å². The summed E-state index contributed by atoms with van der Waals surface area (Å²) in [5.74, 6) is 0. The molecule has 0 aromatic heterocycles. The van der Waals surface area contributed by atoms with Crippen LogP contribution in [0.1, 0.15) is 194 Å². The van der Waals surface area contributed by atoms with Crippen molar-refractivity contribution in [3.8, 4) is 0 Å². The summed E-state index contributed by atoms with van der Waals surface area (Å²) in [5.41, 5.74) is 0. The molecule has 0 unspecified atom stereocenters. The average molecular weight is 627 g/mol. The molecule has 0 spiro atoms. The molecule has 0 radical (unpaired) electrons. The van der Waals surface area contributed by atoms with Gasteiger partial charge in [0.05, 0.1) is 13.2 Å². The molecule has 41 heavy (non-hydrogen) atoms. The molecule has 0 saturated heterocycles. The van der Waals surface area contributed by atoms with E-state index in [-0.39, 0.29) is 13.2 Å². The first-order chi connectivity index (χ1) is 19.8. The summed E-state index contributed by atoms with van der Waals surface area (Å²) in [6.45, 7) is 4.31. The summed E-state index contributed by atoms with van der Waals surface area (Å²) in [5, 5.41) is 0. The maximum absolute atomic E-state index is 11.8. The Kier molecular flexibility index (Phi) is 29.7. The minimum Gasteiger partial charge on any atom is -0.247 e. The van der Waals surface area contributed by atoms with Gasteiger partial charge in [-0.2, -0.15) is 16.8 Å². The van der Waals surface area contributed by atoms with Gasteiger partial charge in [-0.3, -0.25) is 0 Å². The van der Waals surface area contributed by atoms with Crippen LogP contribution in [-0.2, 0) is 32.8 Å². The zero-order valence-electron chi connectivity index (χ0n) is 26.9. The molecular weight excluding hydrogens is 560 g/mol. The molecule has 0 amide bonds. The van der Waals surface area contributed by atoms with Crippen LogP contribution >= 0.6 is 0 Å². The Labute approximate surface area is 255 Å². The SMILES string of the molecule is CCCCCCCCCCCCCCCCOS(=O)(=O)OS(=O)(=O)OCCCCCCCCCCCCCCCC. The molecule has 0 aliphatic carbocycles. The number of unbranched alkanes of at least 4 members (excludes halogenated alkanes) is 26. The highest BCUT2D eigenvalue weighted by atomic mass is 32.3. The molecule has 7 nitrogen and oxygen atoms in total. The Morgan fingerprint density at radius 1 is 0.317 bits per heavy atom. The lowest BCUT2D eigenvalue weighted by molar-refractivity contribution is 0.232. The van der Waals surface area contributed by atoms with Gasteiger partial charge < -0.3 is 0 Å². The molecule has 0 fully saturated rings. The van der Waals surface area contributed by atoms with E-state index in [1.807, 2.05) is 0 Å². The summed E-state index contributed by atoms with van der Waals surface area (Å²) in [6, 6.07) is 0. The van der Waals surface area contributed by atoms with E-state index in [1.54, 1.807) is 0 Å². The standard InChI is InChI=1S/C32H66O7S2/c1-3-5-7-9-11-13-15-17-19-21-23-25-27-29-31-37-40(33,34)39-41(35,36)38-32-30-28-26-24-22-20-18-16-14-12-10-8-6-4-2/h3-32H2,1-2H3. The quantitative estimate of drug-likeness (QED) is 0.0655. The number of hydrogen-bond donors (Lipinski definition) is 0. The lowest BCUT2D eigenvalue weighted by Crippen LogP contribution is -2.19. The van der Waals surface area contributed by atoms with E-state index in [4.69, 9.17) is 8.37 Å². The second kappa shape index (κ2) is 29.8. The first kappa shape index (κ1) is 40.8. The Morgan fingerprint density at radius 2 is 0.512 bits per heavy atom. The predicted molar refractivity (Wildman–Crippen MR) is 171 cm³/mol. The van der Waals surface area contributed by atoms with E-state index >= 15 is 0 Å². The van der Waals surface area contributed by atoms with E-state index in [0.29, 0.717) is 12.8 Å². The molecule has 0 aliphatic rings. The smallest absolute Gasteiger partial charge is 0.247 e. The van der Waals surface area contributed by atoms with Gasteiger partial charge in [0.15, 0.2) is 0 Å². The zero-order chi connectivity index (χ0) is 30.3. The van der Waals surface area contributed by atoms with E-state index in [2.05, 4.69) is 17.5 Å². The van der Waals surface area contributed by atoms with Gasteiger partial charge in [-0.25, -0.2) is 8.37 Å². The van der Waals surface area contributed by atoms with Crippen LogP contribution in [0.2, 0.25) is 0 Å². The fourth-order valence-corrected chi connectivity index (χ4v) is 6.83. The molecule has 0 atom stereocenters. The van der Waals surface area contributed by atoms with Gasteiger partial charge in [-0.15, -0.1) is 3.63 Å². The van der Waals surface area contributed by atoms with Crippen LogP contribution < -0.4 is 0 Å². The van der Waals surface area contributed by atoms with Crippen molar-refractivity contribution >= 4 is 20.8 Å². The number of rotatable bonds is 34. The van der Waals surface area contributed by atoms with Crippen LogP contribution in [0.15, 0.2) is 0 Å². The van der Waals surface area contributed by atoms with Crippen molar-refractivity contribution in [1.82, 2.24) is 0 Å². The third-order valence-corrected chi connectivity index (χ3v) is 9.86. The first-order valence-corrected chi connectivity index (χ1v) is 20.0. The molecule has 0 saturated carbocycles. The van der Waals surface area contributed by atoms with Gasteiger partial charge in [0, 0.05) is 0 Å². The molecule has 0 bridgehead atoms. The van der Waals surface area contributed by atoms with Crippen LogP contribution in [0.3, 0.4) is 0 Å². The molecule has 0 aromatic carbocycles. The Balaban J connectivity index is 3.56. The van der Waals surface area contributed by atoms with Crippen LogP contribution in [0, 0.1) is 0 Å². The molecular formula is C32H66O7S2. The van der Waals surface area contributed by atoms with Crippen molar-refractivity contribution in [2.45, 2.75) is 194 Å². The van der Waals surface area contributed by atoms with Crippen LogP contribution in [0.5, 0.6) is 0 Å². The highest BCUT2D eigenvalue weighted by molar-refractivity contribution is 7.95. The normalized spacial score (nSPS) is 12.3. The summed E-state index contributed by atoms with van der Waals surface area (Å²) in [6.07, 6.45) is 33.4. The van der Waals surface area contributed by atoms with Gasteiger partial charge >= 0.3 is 20.8 Å². The average Bonchev–Trinajstić information content (AvgIpc) is 2.92. The molecule has 0 rings (SSSR count). The lowest BCUT2D eigenvalue weighted by atomic mass is 10.0. The predicted octanol–water partition coefficient (Wildman–Crippen LogP) is 10.5. The van der Waals surface area contributed by atoms with Crippen molar-refractivity contribution in [3.05, 3.63) is 0 Å². The third-order valence-electron chi connectivity index (χ3n) is 7.62. The van der Waals surface area contributed by atoms with Crippen molar-refractivity contribution in [1.29, 1.82) is 0 Å². The van der Waals surface area contributed by atoms with E-state index < -0.39 is 20.8 Å². The molecule has 248 valence electrons. The second-order valence-electron chi connectivity index (χ2n) is 11.7. The Morgan fingerprint density at radius 3 is 0.732 bits per heavy atom. The molecule has 0 heterocycles. The van der Waals surface area contributed by atoms with Gasteiger partial charge in [-0.05, 0) is 12.8 Å². The highest BCUT2D eigenvalue weighted by Gasteiger charge is 2.24. The minimum atomic E-state index is -4.64. The first-order valence-electron chi connectivity index (χ1n) is 17.3. The number of hydrogen-bond acceptors (Lipinski definition) is 7. The summed E-state index contributed by atoms with van der Waals surface area (Å²) in [7, 11) is -9.28.